The number of nitrogens with two attached hydrogens (primary N) is 1. The minimum absolute atomic E-state index is 0.165. The molecule has 4 N–H and O–H groups in total. The van der Waals surface area contributed by atoms with Gasteiger partial charge in [-0.05, 0) is 24.3 Å². The van der Waals surface area contributed by atoms with E-state index in [-0.39, 0.29) is 11.5 Å². The summed E-state index contributed by atoms with van der Waals surface area (Å²) in [6.07, 6.45) is 1.66. The highest BCUT2D eigenvalue weighted by Gasteiger charge is 2.00. The van der Waals surface area contributed by atoms with Crippen molar-refractivity contribution in [3.05, 3.63) is 36.9 Å². The van der Waals surface area contributed by atoms with Crippen molar-refractivity contribution in [1.29, 1.82) is 10.7 Å². The summed E-state index contributed by atoms with van der Waals surface area (Å²) in [5.41, 5.74) is 8.28. The molecule has 6 nitrogen and oxygen atoms in total. The van der Waals surface area contributed by atoms with Gasteiger partial charge < -0.3 is 10.5 Å². The van der Waals surface area contributed by atoms with Gasteiger partial charge in [-0.25, -0.2) is 0 Å². The van der Waals surface area contributed by atoms with Gasteiger partial charge >= 0.3 is 0 Å². The summed E-state index contributed by atoms with van der Waals surface area (Å²) in [6.45, 7) is 3.99. The Morgan fingerprint density at radius 3 is 2.72 bits per heavy atom. The summed E-state index contributed by atoms with van der Waals surface area (Å²) in [5, 5.41) is 19.4. The third kappa shape index (κ3) is 3.98. The molecule has 0 heterocycles. The largest absolute Gasteiger partial charge is 0.490 e. The van der Waals surface area contributed by atoms with E-state index in [4.69, 9.17) is 21.1 Å². The number of ether oxygens (including phenoxy) is 1. The summed E-state index contributed by atoms with van der Waals surface area (Å²) in [5.74, 6) is 0.326. The Labute approximate surface area is 105 Å². The molecule has 6 heteroatoms. The molecular formula is C12H13N5O. The standard InChI is InChI=1S/C12H13N5O/c1-2-7-18-10-5-3-9(4-6-10)16-17-11(8-13)12(14)15/h2-6,16H,1,7H2,(H3,14,15)/b17-11+. The summed E-state index contributed by atoms with van der Waals surface area (Å²) >= 11 is 0. The van der Waals surface area contributed by atoms with Crippen molar-refractivity contribution >= 4 is 17.2 Å². The zero-order valence-corrected chi connectivity index (χ0v) is 9.68. The Morgan fingerprint density at radius 2 is 2.22 bits per heavy atom. The van der Waals surface area contributed by atoms with E-state index in [1.807, 2.05) is 0 Å². The highest BCUT2D eigenvalue weighted by atomic mass is 16.5. The number of nitriles is 1. The fourth-order valence-electron chi connectivity index (χ4n) is 1.05. The van der Waals surface area contributed by atoms with Crippen LogP contribution in [0.3, 0.4) is 0 Å². The van der Waals surface area contributed by atoms with Gasteiger partial charge in [0.1, 0.15) is 18.4 Å². The fourth-order valence-corrected chi connectivity index (χ4v) is 1.05. The number of amidine groups is 1. The Bertz CT molecular complexity index is 498. The zero-order valence-electron chi connectivity index (χ0n) is 9.68. The second kappa shape index (κ2) is 6.70. The molecule has 0 saturated carbocycles. The molecule has 0 bridgehead atoms. The number of hydrogen-bond acceptors (Lipinski definition) is 5. The Kier molecular flexibility index (Phi) is 4.94. The van der Waals surface area contributed by atoms with Gasteiger partial charge in [-0.2, -0.15) is 10.4 Å². The maximum Gasteiger partial charge on any atom is 0.201 e. The molecule has 0 aromatic heterocycles. The van der Waals surface area contributed by atoms with Crippen molar-refractivity contribution in [3.63, 3.8) is 0 Å². The molecule has 0 aliphatic carbocycles. The van der Waals surface area contributed by atoms with E-state index in [1.54, 1.807) is 36.4 Å². The quantitative estimate of drug-likeness (QED) is 0.304. The van der Waals surface area contributed by atoms with E-state index >= 15 is 0 Å². The highest BCUT2D eigenvalue weighted by Crippen LogP contribution is 2.15. The third-order valence-corrected chi connectivity index (χ3v) is 1.88. The molecule has 0 spiro atoms. The Hall–Kier alpha value is -2.81. The van der Waals surface area contributed by atoms with Gasteiger partial charge in [0.25, 0.3) is 0 Å². The van der Waals surface area contributed by atoms with Crippen LogP contribution in [0.4, 0.5) is 5.69 Å². The smallest absolute Gasteiger partial charge is 0.201 e. The van der Waals surface area contributed by atoms with Crippen LogP contribution < -0.4 is 15.9 Å². The van der Waals surface area contributed by atoms with Crippen LogP contribution in [0.15, 0.2) is 42.0 Å². The molecule has 0 unspecified atom stereocenters. The first-order valence-electron chi connectivity index (χ1n) is 5.09. The second-order valence-electron chi connectivity index (χ2n) is 3.22. The number of hydrogen-bond donors (Lipinski definition) is 3. The van der Waals surface area contributed by atoms with Crippen LogP contribution in [0.5, 0.6) is 5.75 Å². The zero-order chi connectivity index (χ0) is 13.4. The SMILES string of the molecule is C=CCOc1ccc(N/N=C(\C#N)C(=N)N)cc1. The molecular weight excluding hydrogens is 230 g/mol. The fraction of sp³-hybridized carbons (Fsp3) is 0.0833. The van der Waals surface area contributed by atoms with Crippen LogP contribution in [0.2, 0.25) is 0 Å². The predicted octanol–water partition coefficient (Wildman–Crippen LogP) is 1.48. The summed E-state index contributed by atoms with van der Waals surface area (Å²) in [7, 11) is 0. The first kappa shape index (κ1) is 13.3. The normalized spacial score (nSPS) is 10.3. The Balaban J connectivity index is 2.67. The predicted molar refractivity (Wildman–Crippen MR) is 70.7 cm³/mol. The monoisotopic (exact) mass is 243 g/mol. The number of hydrazone groups is 1. The van der Waals surface area contributed by atoms with Crippen LogP contribution in [-0.2, 0) is 0 Å². The van der Waals surface area contributed by atoms with Gasteiger partial charge in [-0.1, -0.05) is 12.7 Å². The lowest BCUT2D eigenvalue weighted by atomic mass is 10.3. The average Bonchev–Trinajstić information content (AvgIpc) is 2.38. The molecule has 0 radical (unpaired) electrons. The summed E-state index contributed by atoms with van der Waals surface area (Å²) in [6, 6.07) is 8.68. The number of nitrogens with one attached hydrogen (secondary N) is 2. The maximum atomic E-state index is 8.64. The molecule has 0 amide bonds. The van der Waals surface area contributed by atoms with Gasteiger partial charge in [0.05, 0.1) is 5.69 Å². The molecule has 92 valence electrons. The van der Waals surface area contributed by atoms with Gasteiger partial charge in [0, 0.05) is 0 Å². The third-order valence-electron chi connectivity index (χ3n) is 1.88. The average molecular weight is 243 g/mol. The minimum Gasteiger partial charge on any atom is -0.490 e. The van der Waals surface area contributed by atoms with E-state index < -0.39 is 0 Å². The van der Waals surface area contributed by atoms with Crippen LogP contribution in [0.1, 0.15) is 0 Å². The molecule has 0 atom stereocenters. The van der Waals surface area contributed by atoms with Crippen molar-refractivity contribution < 1.29 is 4.74 Å². The molecule has 1 aromatic rings. The van der Waals surface area contributed by atoms with Gasteiger partial charge in [-0.3, -0.25) is 10.8 Å². The topological polar surface area (TPSA) is 107 Å². The van der Waals surface area contributed by atoms with E-state index in [2.05, 4.69) is 17.1 Å². The lowest BCUT2D eigenvalue weighted by Crippen LogP contribution is -2.21. The lowest BCUT2D eigenvalue weighted by molar-refractivity contribution is 0.363. The van der Waals surface area contributed by atoms with E-state index in [9.17, 15) is 0 Å². The molecule has 0 aliphatic heterocycles. The van der Waals surface area contributed by atoms with Crippen molar-refractivity contribution in [2.45, 2.75) is 0 Å². The molecule has 0 aliphatic rings. The van der Waals surface area contributed by atoms with Crippen LogP contribution in [0.25, 0.3) is 0 Å². The van der Waals surface area contributed by atoms with Gasteiger partial charge in [-0.15, -0.1) is 0 Å². The van der Waals surface area contributed by atoms with Crippen molar-refractivity contribution in [3.8, 4) is 11.8 Å². The van der Waals surface area contributed by atoms with Crippen LogP contribution >= 0.6 is 0 Å². The summed E-state index contributed by atoms with van der Waals surface area (Å²) < 4.78 is 5.31. The molecule has 18 heavy (non-hydrogen) atoms. The van der Waals surface area contributed by atoms with Gasteiger partial charge in [0.2, 0.25) is 5.71 Å². The van der Waals surface area contributed by atoms with Crippen LogP contribution in [-0.4, -0.2) is 18.2 Å². The second-order valence-corrected chi connectivity index (χ2v) is 3.22. The van der Waals surface area contributed by atoms with Crippen molar-refractivity contribution in [2.24, 2.45) is 10.8 Å². The lowest BCUT2D eigenvalue weighted by Gasteiger charge is -2.04. The minimum atomic E-state index is -0.379. The van der Waals surface area contributed by atoms with E-state index in [1.165, 1.54) is 0 Å². The van der Waals surface area contributed by atoms with Crippen molar-refractivity contribution in [1.82, 2.24) is 0 Å². The van der Waals surface area contributed by atoms with Gasteiger partial charge in [0.15, 0.2) is 5.84 Å². The molecule has 0 fully saturated rings. The first-order chi connectivity index (χ1) is 8.67. The molecule has 1 rings (SSSR count). The number of nitrogens with zero attached hydrogens (tertiary/aromatic N) is 2. The number of anilines is 1. The highest BCUT2D eigenvalue weighted by molar-refractivity contribution is 6.45. The first-order valence-corrected chi connectivity index (χ1v) is 5.09. The maximum absolute atomic E-state index is 8.64. The number of rotatable bonds is 6. The Morgan fingerprint density at radius 1 is 1.56 bits per heavy atom. The van der Waals surface area contributed by atoms with Crippen molar-refractivity contribution in [2.75, 3.05) is 12.0 Å². The molecule has 0 saturated heterocycles. The number of benzene rings is 1. The van der Waals surface area contributed by atoms with Crippen LogP contribution in [0, 0.1) is 16.7 Å². The molecule has 1 aromatic carbocycles. The van der Waals surface area contributed by atoms with E-state index in [0.29, 0.717) is 18.0 Å². The van der Waals surface area contributed by atoms with E-state index in [0.717, 1.165) is 0 Å². The summed E-state index contributed by atoms with van der Waals surface area (Å²) in [4.78, 5) is 0.